The SMILES string of the molecule is COc1ccc(N(CC(=O)Nc2ccc(F)cc2)S(C)(=O)=O)cc1OC. The summed E-state index contributed by atoms with van der Waals surface area (Å²) in [6, 6.07) is 9.67. The Balaban J connectivity index is 2.25. The van der Waals surface area contributed by atoms with E-state index in [9.17, 15) is 17.6 Å². The molecule has 0 fully saturated rings. The van der Waals surface area contributed by atoms with Crippen molar-refractivity contribution in [3.8, 4) is 11.5 Å². The third-order valence-electron chi connectivity index (χ3n) is 3.47. The van der Waals surface area contributed by atoms with E-state index in [1.807, 2.05) is 0 Å². The van der Waals surface area contributed by atoms with Crippen LogP contribution in [-0.4, -0.2) is 41.3 Å². The average molecular weight is 382 g/mol. The number of hydrogen-bond acceptors (Lipinski definition) is 5. The second kappa shape index (κ2) is 8.05. The molecule has 0 aliphatic carbocycles. The fraction of sp³-hybridized carbons (Fsp3) is 0.235. The van der Waals surface area contributed by atoms with Crippen molar-refractivity contribution >= 4 is 27.3 Å². The van der Waals surface area contributed by atoms with Gasteiger partial charge in [0, 0.05) is 11.8 Å². The Morgan fingerprint density at radius 1 is 1.08 bits per heavy atom. The van der Waals surface area contributed by atoms with Crippen molar-refractivity contribution in [2.45, 2.75) is 0 Å². The molecule has 0 aliphatic heterocycles. The highest BCUT2D eigenvalue weighted by molar-refractivity contribution is 7.92. The van der Waals surface area contributed by atoms with E-state index in [2.05, 4.69) is 5.32 Å². The summed E-state index contributed by atoms with van der Waals surface area (Å²) in [6.45, 7) is -0.453. The molecule has 9 heteroatoms. The number of anilines is 2. The largest absolute Gasteiger partial charge is 0.493 e. The Morgan fingerprint density at radius 2 is 1.69 bits per heavy atom. The van der Waals surface area contributed by atoms with E-state index >= 15 is 0 Å². The molecular weight excluding hydrogens is 363 g/mol. The number of nitrogens with zero attached hydrogens (tertiary/aromatic N) is 1. The maximum absolute atomic E-state index is 12.9. The van der Waals surface area contributed by atoms with Crippen LogP contribution in [0.4, 0.5) is 15.8 Å². The smallest absolute Gasteiger partial charge is 0.245 e. The number of ether oxygens (including phenoxy) is 2. The van der Waals surface area contributed by atoms with Gasteiger partial charge in [0.2, 0.25) is 15.9 Å². The normalized spacial score (nSPS) is 10.9. The molecule has 1 amide bonds. The lowest BCUT2D eigenvalue weighted by Gasteiger charge is -2.23. The fourth-order valence-corrected chi connectivity index (χ4v) is 3.09. The monoisotopic (exact) mass is 382 g/mol. The van der Waals surface area contributed by atoms with E-state index in [-0.39, 0.29) is 5.69 Å². The van der Waals surface area contributed by atoms with E-state index < -0.39 is 28.3 Å². The van der Waals surface area contributed by atoms with Crippen LogP contribution >= 0.6 is 0 Å². The topological polar surface area (TPSA) is 84.9 Å². The average Bonchev–Trinajstić information content (AvgIpc) is 2.60. The molecule has 0 bridgehead atoms. The van der Waals surface area contributed by atoms with Gasteiger partial charge in [0.1, 0.15) is 12.4 Å². The summed E-state index contributed by atoms with van der Waals surface area (Å²) >= 11 is 0. The summed E-state index contributed by atoms with van der Waals surface area (Å²) < 4.78 is 48.4. The first-order valence-corrected chi connectivity index (χ1v) is 9.34. The van der Waals surface area contributed by atoms with Crippen LogP contribution < -0.4 is 19.1 Å². The predicted octanol–water partition coefficient (Wildman–Crippen LogP) is 2.25. The van der Waals surface area contributed by atoms with Crippen LogP contribution in [0.15, 0.2) is 42.5 Å². The highest BCUT2D eigenvalue weighted by Gasteiger charge is 2.22. The van der Waals surface area contributed by atoms with E-state index in [0.29, 0.717) is 17.2 Å². The molecule has 1 N–H and O–H groups in total. The van der Waals surface area contributed by atoms with Crippen molar-refractivity contribution in [3.05, 3.63) is 48.3 Å². The summed E-state index contributed by atoms with van der Waals surface area (Å²) in [7, 11) is -0.856. The van der Waals surface area contributed by atoms with Crippen molar-refractivity contribution in [2.75, 3.05) is 36.6 Å². The summed E-state index contributed by atoms with van der Waals surface area (Å²) in [5.41, 5.74) is 0.608. The maximum Gasteiger partial charge on any atom is 0.245 e. The minimum absolute atomic E-state index is 0.249. The number of amides is 1. The van der Waals surface area contributed by atoms with Crippen LogP contribution in [0, 0.1) is 5.82 Å². The molecule has 0 saturated carbocycles. The molecule has 2 rings (SSSR count). The maximum atomic E-state index is 12.9. The van der Waals surface area contributed by atoms with E-state index in [4.69, 9.17) is 9.47 Å². The molecular formula is C17H19FN2O5S. The number of benzene rings is 2. The third-order valence-corrected chi connectivity index (χ3v) is 4.61. The second-order valence-corrected chi connectivity index (χ2v) is 7.27. The number of halogens is 1. The molecule has 2 aromatic carbocycles. The summed E-state index contributed by atoms with van der Waals surface area (Å²) in [5.74, 6) is -0.249. The molecule has 0 radical (unpaired) electrons. The van der Waals surface area contributed by atoms with Crippen LogP contribution in [0.5, 0.6) is 11.5 Å². The third kappa shape index (κ3) is 4.85. The Kier molecular flexibility index (Phi) is 6.04. The Labute approximate surface area is 151 Å². The predicted molar refractivity (Wildman–Crippen MR) is 96.8 cm³/mol. The number of carbonyl (C=O) groups is 1. The van der Waals surface area contributed by atoms with Gasteiger partial charge in [0.25, 0.3) is 0 Å². The molecule has 0 saturated heterocycles. The van der Waals surface area contributed by atoms with Gasteiger partial charge < -0.3 is 14.8 Å². The van der Waals surface area contributed by atoms with Crippen LogP contribution in [0.1, 0.15) is 0 Å². The Hall–Kier alpha value is -2.81. The number of methoxy groups -OCH3 is 2. The van der Waals surface area contributed by atoms with Gasteiger partial charge in [-0.15, -0.1) is 0 Å². The van der Waals surface area contributed by atoms with Crippen molar-refractivity contribution in [1.29, 1.82) is 0 Å². The molecule has 0 unspecified atom stereocenters. The Morgan fingerprint density at radius 3 is 2.23 bits per heavy atom. The van der Waals surface area contributed by atoms with E-state index in [0.717, 1.165) is 10.6 Å². The van der Waals surface area contributed by atoms with Crippen molar-refractivity contribution in [2.24, 2.45) is 0 Å². The highest BCUT2D eigenvalue weighted by Crippen LogP contribution is 2.32. The van der Waals surface area contributed by atoms with Gasteiger partial charge in [-0.1, -0.05) is 0 Å². The molecule has 0 atom stereocenters. The molecule has 0 spiro atoms. The minimum Gasteiger partial charge on any atom is -0.493 e. The number of carbonyl (C=O) groups excluding carboxylic acids is 1. The molecule has 2 aromatic rings. The van der Waals surface area contributed by atoms with Crippen LogP contribution in [0.2, 0.25) is 0 Å². The molecule has 7 nitrogen and oxygen atoms in total. The van der Waals surface area contributed by atoms with E-state index in [1.54, 1.807) is 6.07 Å². The van der Waals surface area contributed by atoms with Gasteiger partial charge in [-0.2, -0.15) is 0 Å². The highest BCUT2D eigenvalue weighted by atomic mass is 32.2. The summed E-state index contributed by atoms with van der Waals surface area (Å²) in [4.78, 5) is 12.2. The molecule has 0 aliphatic rings. The first kappa shape index (κ1) is 19.5. The van der Waals surface area contributed by atoms with Gasteiger partial charge in [0.05, 0.1) is 26.2 Å². The lowest BCUT2D eigenvalue weighted by Crippen LogP contribution is -2.37. The van der Waals surface area contributed by atoms with Crippen molar-refractivity contribution in [3.63, 3.8) is 0 Å². The van der Waals surface area contributed by atoms with Crippen LogP contribution in [0.25, 0.3) is 0 Å². The van der Waals surface area contributed by atoms with Gasteiger partial charge in [-0.25, -0.2) is 12.8 Å². The van der Waals surface area contributed by atoms with Gasteiger partial charge in [-0.3, -0.25) is 9.10 Å². The zero-order valence-electron chi connectivity index (χ0n) is 14.5. The zero-order valence-corrected chi connectivity index (χ0v) is 15.3. The van der Waals surface area contributed by atoms with E-state index in [1.165, 1.54) is 50.6 Å². The number of sulfonamides is 1. The van der Waals surface area contributed by atoms with Gasteiger partial charge in [0.15, 0.2) is 11.5 Å². The number of nitrogens with one attached hydrogen (secondary N) is 1. The number of rotatable bonds is 7. The number of hydrogen-bond donors (Lipinski definition) is 1. The fourth-order valence-electron chi connectivity index (χ4n) is 2.24. The standard InChI is InChI=1S/C17H19FN2O5S/c1-24-15-9-8-14(10-16(15)25-2)20(26(3,22)23)11-17(21)19-13-6-4-12(18)5-7-13/h4-10H,11H2,1-3H3,(H,19,21). The van der Waals surface area contributed by atoms with Crippen LogP contribution in [0.3, 0.4) is 0 Å². The lowest BCUT2D eigenvalue weighted by molar-refractivity contribution is -0.114. The molecule has 140 valence electrons. The molecule has 26 heavy (non-hydrogen) atoms. The van der Waals surface area contributed by atoms with Crippen molar-refractivity contribution < 1.29 is 27.1 Å². The summed E-state index contributed by atoms with van der Waals surface area (Å²) in [5, 5.41) is 2.52. The quantitative estimate of drug-likeness (QED) is 0.794. The van der Waals surface area contributed by atoms with Crippen molar-refractivity contribution in [1.82, 2.24) is 0 Å². The molecule has 0 aromatic heterocycles. The first-order chi connectivity index (χ1) is 12.2. The van der Waals surface area contributed by atoms with Gasteiger partial charge >= 0.3 is 0 Å². The molecule has 0 heterocycles. The minimum atomic E-state index is -3.74. The second-order valence-electron chi connectivity index (χ2n) is 5.36. The summed E-state index contributed by atoms with van der Waals surface area (Å²) in [6.07, 6.45) is 0.995. The zero-order chi connectivity index (χ0) is 19.3. The Bertz CT molecular complexity index is 885. The van der Waals surface area contributed by atoms with Crippen LogP contribution in [-0.2, 0) is 14.8 Å². The van der Waals surface area contributed by atoms with Gasteiger partial charge in [-0.05, 0) is 36.4 Å². The first-order valence-electron chi connectivity index (χ1n) is 7.49. The lowest BCUT2D eigenvalue weighted by atomic mass is 10.2.